The zero-order valence-electron chi connectivity index (χ0n) is 11.1. The average molecular weight is 242 g/mol. The van der Waals surface area contributed by atoms with Crippen molar-refractivity contribution in [3.05, 3.63) is 41.7 Å². The predicted molar refractivity (Wildman–Crippen MR) is 74.0 cm³/mol. The molecule has 0 atom stereocenters. The first kappa shape index (κ1) is 12.8. The van der Waals surface area contributed by atoms with E-state index in [0.29, 0.717) is 6.54 Å². The minimum absolute atomic E-state index is 0.583. The monoisotopic (exact) mass is 242 g/mol. The smallest absolute Gasteiger partial charge is 0.0947 e. The van der Waals surface area contributed by atoms with Crippen molar-refractivity contribution in [3.8, 4) is 11.1 Å². The molecule has 0 amide bonds. The lowest BCUT2D eigenvalue weighted by atomic mass is 10.0. The number of nitrogens with two attached hydrogens (primary N) is 1. The lowest BCUT2D eigenvalue weighted by Crippen LogP contribution is -1.95. The normalized spacial score (nSPS) is 10.8. The number of nitrogens with zero attached hydrogens (tertiary/aromatic N) is 2. The van der Waals surface area contributed by atoms with Crippen LogP contribution in [-0.4, -0.2) is 9.78 Å². The van der Waals surface area contributed by atoms with Gasteiger partial charge in [0.05, 0.1) is 11.9 Å². The first-order chi connectivity index (χ1) is 8.74. The molecule has 0 bridgehead atoms. The van der Waals surface area contributed by atoms with Crippen molar-refractivity contribution in [1.82, 2.24) is 9.78 Å². The van der Waals surface area contributed by atoms with E-state index in [1.165, 1.54) is 18.4 Å². The van der Waals surface area contributed by atoms with Gasteiger partial charge in [0.25, 0.3) is 0 Å². The largest absolute Gasteiger partial charge is 0.326 e. The van der Waals surface area contributed by atoms with E-state index < -0.39 is 0 Å². The molecule has 1 heterocycles. The minimum atomic E-state index is 0.583. The van der Waals surface area contributed by atoms with Crippen LogP contribution in [0.15, 0.2) is 24.3 Å². The summed E-state index contributed by atoms with van der Waals surface area (Å²) in [6.07, 6.45) is 6.65. The van der Waals surface area contributed by atoms with Gasteiger partial charge in [-0.3, -0.25) is 4.68 Å². The van der Waals surface area contributed by atoms with Gasteiger partial charge in [0.2, 0.25) is 0 Å². The Morgan fingerprint density at radius 2 is 2.00 bits per heavy atom. The van der Waals surface area contributed by atoms with Crippen molar-refractivity contribution in [2.75, 3.05) is 0 Å². The molecule has 0 saturated heterocycles. The minimum Gasteiger partial charge on any atom is -0.326 e. The zero-order chi connectivity index (χ0) is 13.0. The van der Waals surface area contributed by atoms with Crippen molar-refractivity contribution in [2.24, 2.45) is 12.8 Å². The van der Waals surface area contributed by atoms with E-state index >= 15 is 0 Å². The van der Waals surface area contributed by atoms with Crippen LogP contribution in [0.2, 0.25) is 0 Å². The summed E-state index contributed by atoms with van der Waals surface area (Å²) in [7, 11) is 1.92. The van der Waals surface area contributed by atoms with E-state index in [9.17, 15) is 0 Å². The van der Waals surface area contributed by atoms with Crippen LogP contribution in [0.4, 0.5) is 0 Å². The van der Waals surface area contributed by atoms with Crippen LogP contribution in [0.3, 0.4) is 0 Å². The van der Waals surface area contributed by atoms with Crippen LogP contribution in [0, 0.1) is 6.20 Å². The van der Waals surface area contributed by atoms with Crippen LogP contribution in [0.1, 0.15) is 31.0 Å². The molecule has 0 saturated carbocycles. The molecule has 1 aromatic carbocycles. The fraction of sp³-hybridized carbons (Fsp3) is 0.400. The van der Waals surface area contributed by atoms with Gasteiger partial charge in [0.1, 0.15) is 0 Å². The highest BCUT2D eigenvalue weighted by Crippen LogP contribution is 2.23. The van der Waals surface area contributed by atoms with Crippen molar-refractivity contribution >= 4 is 0 Å². The number of hydrogen-bond donors (Lipinski definition) is 1. The van der Waals surface area contributed by atoms with Crippen molar-refractivity contribution in [1.29, 1.82) is 0 Å². The highest BCUT2D eigenvalue weighted by molar-refractivity contribution is 5.65. The maximum absolute atomic E-state index is 5.61. The Kier molecular flexibility index (Phi) is 4.15. The molecule has 95 valence electrons. The number of hydrogen-bond acceptors (Lipinski definition) is 2. The fourth-order valence-corrected chi connectivity index (χ4v) is 2.04. The Hall–Kier alpha value is -1.61. The maximum atomic E-state index is 5.61. The maximum Gasteiger partial charge on any atom is 0.0947 e. The molecule has 0 aliphatic rings. The molecule has 0 unspecified atom stereocenters. The number of benzene rings is 1. The molecular weight excluding hydrogens is 222 g/mol. The van der Waals surface area contributed by atoms with Gasteiger partial charge in [-0.2, -0.15) is 5.10 Å². The molecule has 1 radical (unpaired) electrons. The highest BCUT2D eigenvalue weighted by Gasteiger charge is 2.10. The van der Waals surface area contributed by atoms with Gasteiger partial charge in [-0.15, -0.1) is 0 Å². The summed E-state index contributed by atoms with van der Waals surface area (Å²) in [4.78, 5) is 0. The second kappa shape index (κ2) is 5.83. The lowest BCUT2D eigenvalue weighted by Gasteiger charge is -2.03. The number of unbranched alkanes of at least 4 members (excludes halogenated alkanes) is 1. The number of rotatable bonds is 5. The third-order valence-electron chi connectivity index (χ3n) is 3.08. The second-order valence-corrected chi connectivity index (χ2v) is 4.56. The van der Waals surface area contributed by atoms with Gasteiger partial charge in [0.15, 0.2) is 0 Å². The van der Waals surface area contributed by atoms with E-state index in [0.717, 1.165) is 23.2 Å². The third kappa shape index (κ3) is 2.79. The van der Waals surface area contributed by atoms with Gasteiger partial charge < -0.3 is 5.73 Å². The molecule has 2 aromatic rings. The SMILES string of the molecule is CCCCc1nn(C)[c]c1-c1ccc(CN)cc1. The summed E-state index contributed by atoms with van der Waals surface area (Å²) < 4.78 is 1.77. The van der Waals surface area contributed by atoms with Crippen LogP contribution < -0.4 is 5.73 Å². The molecule has 0 aliphatic heterocycles. The quantitative estimate of drug-likeness (QED) is 0.876. The van der Waals surface area contributed by atoms with Crippen LogP contribution in [-0.2, 0) is 20.0 Å². The van der Waals surface area contributed by atoms with E-state index in [4.69, 9.17) is 5.73 Å². The molecule has 18 heavy (non-hydrogen) atoms. The Labute approximate surface area is 109 Å². The molecule has 1 aromatic heterocycles. The first-order valence-electron chi connectivity index (χ1n) is 6.49. The van der Waals surface area contributed by atoms with Crippen LogP contribution in [0.5, 0.6) is 0 Å². The molecule has 2 rings (SSSR count). The molecule has 3 nitrogen and oxygen atoms in total. The van der Waals surface area contributed by atoms with Crippen molar-refractivity contribution < 1.29 is 0 Å². The Morgan fingerprint density at radius 3 is 2.61 bits per heavy atom. The van der Waals surface area contributed by atoms with Gasteiger partial charge in [-0.25, -0.2) is 0 Å². The summed E-state index contributed by atoms with van der Waals surface area (Å²) in [5, 5.41) is 4.50. The Morgan fingerprint density at radius 1 is 1.28 bits per heavy atom. The third-order valence-corrected chi connectivity index (χ3v) is 3.08. The van der Waals surface area contributed by atoms with Crippen molar-refractivity contribution in [2.45, 2.75) is 32.7 Å². The van der Waals surface area contributed by atoms with Crippen LogP contribution in [0.25, 0.3) is 11.1 Å². The van der Waals surface area contributed by atoms with Gasteiger partial charge in [0, 0.05) is 19.2 Å². The fourth-order valence-electron chi connectivity index (χ4n) is 2.04. The Bertz CT molecular complexity index is 497. The number of aromatic nitrogens is 2. The summed E-state index contributed by atoms with van der Waals surface area (Å²) in [5.41, 5.74) is 10.2. The predicted octanol–water partition coefficient (Wildman–Crippen LogP) is 2.69. The molecular formula is C15H20N3. The van der Waals surface area contributed by atoms with E-state index in [2.05, 4.69) is 42.5 Å². The zero-order valence-corrected chi connectivity index (χ0v) is 11.1. The van der Waals surface area contributed by atoms with E-state index in [1.54, 1.807) is 4.68 Å². The topological polar surface area (TPSA) is 43.8 Å². The first-order valence-corrected chi connectivity index (χ1v) is 6.49. The second-order valence-electron chi connectivity index (χ2n) is 4.56. The Balaban J connectivity index is 2.30. The lowest BCUT2D eigenvalue weighted by molar-refractivity contribution is 0.710. The van der Waals surface area contributed by atoms with Crippen LogP contribution >= 0.6 is 0 Å². The summed E-state index contributed by atoms with van der Waals surface area (Å²) >= 11 is 0. The average Bonchev–Trinajstić information content (AvgIpc) is 2.77. The number of aryl methyl sites for hydroxylation is 2. The highest BCUT2D eigenvalue weighted by atomic mass is 15.2. The molecule has 2 N–H and O–H groups in total. The molecule has 3 heteroatoms. The molecule has 0 aliphatic carbocycles. The van der Waals surface area contributed by atoms with E-state index in [1.807, 2.05) is 7.05 Å². The summed E-state index contributed by atoms with van der Waals surface area (Å²) in [6.45, 7) is 2.78. The van der Waals surface area contributed by atoms with Crippen molar-refractivity contribution in [3.63, 3.8) is 0 Å². The van der Waals surface area contributed by atoms with Gasteiger partial charge in [-0.05, 0) is 24.0 Å². The summed E-state index contributed by atoms with van der Waals surface area (Å²) in [5.74, 6) is 0. The van der Waals surface area contributed by atoms with Gasteiger partial charge >= 0.3 is 0 Å². The standard InChI is InChI=1S/C15H20N3/c1-3-4-5-15-14(11-18(2)17-15)13-8-6-12(10-16)7-9-13/h6-9H,3-5,10,16H2,1-2H3. The molecule has 0 spiro atoms. The van der Waals surface area contributed by atoms with Gasteiger partial charge in [-0.1, -0.05) is 37.6 Å². The van der Waals surface area contributed by atoms with E-state index in [-0.39, 0.29) is 0 Å². The summed E-state index contributed by atoms with van der Waals surface area (Å²) in [6, 6.07) is 8.34. The molecule has 0 fully saturated rings.